The van der Waals surface area contributed by atoms with Crippen LogP contribution in [0.1, 0.15) is 71.6 Å². The first-order valence-corrected chi connectivity index (χ1v) is 15.3. The molecule has 0 bridgehead atoms. The van der Waals surface area contributed by atoms with Crippen LogP contribution < -0.4 is 16.4 Å². The van der Waals surface area contributed by atoms with Gasteiger partial charge in [-0.1, -0.05) is 38.5 Å². The van der Waals surface area contributed by atoms with Gasteiger partial charge in [-0.3, -0.25) is 19.2 Å². The van der Waals surface area contributed by atoms with Crippen molar-refractivity contribution in [1.82, 2.24) is 15.5 Å². The Hall–Kier alpha value is -2.60. The first-order chi connectivity index (χ1) is 19.7. The van der Waals surface area contributed by atoms with Gasteiger partial charge in [-0.15, -0.1) is 23.2 Å². The lowest BCUT2D eigenvalue weighted by Gasteiger charge is -2.37. The summed E-state index contributed by atoms with van der Waals surface area (Å²) in [6.07, 6.45) is 6.09. The van der Waals surface area contributed by atoms with Gasteiger partial charge in [-0.2, -0.15) is 0 Å². The molecule has 4 fully saturated rings. The van der Waals surface area contributed by atoms with Crippen molar-refractivity contribution in [3.8, 4) is 0 Å². The van der Waals surface area contributed by atoms with Gasteiger partial charge >= 0.3 is 12.1 Å². The quantitative estimate of drug-likeness (QED) is 0.176. The van der Waals surface area contributed by atoms with Crippen LogP contribution in [0.25, 0.3) is 0 Å². The van der Waals surface area contributed by atoms with E-state index in [1.807, 2.05) is 0 Å². The van der Waals surface area contributed by atoms with Crippen molar-refractivity contribution in [2.24, 2.45) is 29.4 Å². The molecule has 0 aromatic carbocycles. The Morgan fingerprint density at radius 2 is 1.64 bits per heavy atom. The molecule has 3 saturated carbocycles. The highest BCUT2D eigenvalue weighted by molar-refractivity contribution is 6.51. The number of hydrogen-bond donors (Lipinski definition) is 3. The van der Waals surface area contributed by atoms with E-state index in [4.69, 9.17) is 38.4 Å². The van der Waals surface area contributed by atoms with E-state index < -0.39 is 75.5 Å². The fraction of sp³-hybridized carbons (Fsp3) is 0.786. The largest absolute Gasteiger partial charge is 0.466 e. The molecule has 3 aliphatic carbocycles. The van der Waals surface area contributed by atoms with Crippen molar-refractivity contribution < 1.29 is 38.2 Å². The maximum atomic E-state index is 14.1. The van der Waals surface area contributed by atoms with Gasteiger partial charge in [0.2, 0.25) is 23.2 Å². The highest BCUT2D eigenvalue weighted by atomic mass is 35.5. The van der Waals surface area contributed by atoms with E-state index in [1.54, 1.807) is 0 Å². The number of Topliss-reactive ketones (excluding diaryl/α,β-unsaturated/α-hetero) is 1. The Morgan fingerprint density at radius 1 is 1.00 bits per heavy atom. The predicted molar refractivity (Wildman–Crippen MR) is 151 cm³/mol. The van der Waals surface area contributed by atoms with E-state index in [0.717, 1.165) is 38.5 Å². The summed E-state index contributed by atoms with van der Waals surface area (Å²) in [5.74, 6) is -5.05. The number of hydrogen-bond acceptors (Lipinski definition) is 8. The minimum Gasteiger partial charge on any atom is -0.466 e. The molecule has 4 aliphatic rings. The number of alkyl carbamates (subject to hydrolysis) is 1. The number of nitrogens with one attached hydrogen (secondary N) is 2. The molecule has 0 aromatic rings. The Labute approximate surface area is 255 Å². The Bertz CT molecular complexity index is 1120. The summed E-state index contributed by atoms with van der Waals surface area (Å²) in [6.45, 7) is 2.82. The number of amides is 4. The topological polar surface area (TPSA) is 174 Å². The van der Waals surface area contributed by atoms with Gasteiger partial charge in [0.15, 0.2) is 0 Å². The Morgan fingerprint density at radius 3 is 2.19 bits per heavy atom. The highest BCUT2D eigenvalue weighted by Gasteiger charge is 2.74. The average molecular weight is 632 g/mol. The average Bonchev–Trinajstić information content (AvgIpc) is 3.23. The Balaban J connectivity index is 1.55. The molecule has 4 amide bonds. The summed E-state index contributed by atoms with van der Waals surface area (Å²) in [6, 6.07) is -3.30. The molecule has 1 unspecified atom stereocenters. The molecule has 5 atom stereocenters. The summed E-state index contributed by atoms with van der Waals surface area (Å²) in [4.78, 5) is 78.6. The van der Waals surface area contributed by atoms with Crippen molar-refractivity contribution in [3.63, 3.8) is 0 Å². The number of carbonyl (C=O) groups is 6. The molecule has 12 nitrogen and oxygen atoms in total. The second kappa shape index (κ2) is 12.6. The zero-order valence-electron chi connectivity index (χ0n) is 24.2. The SMILES string of the molecule is COC(=O)C(C)(C)OC(=O)N[C@H](C(=O)N1C[C@H]2[C@@H]([C@H]1C(=O)NC(CC1CCC1)C(=O)C(N)=O)C2(Cl)Cl)C1CCCCC1. The molecule has 4 N–H and O–H groups in total. The number of fused-ring (bicyclic) bond motifs is 1. The maximum absolute atomic E-state index is 14.1. The fourth-order valence-corrected chi connectivity index (χ4v) is 7.38. The number of carbonyl (C=O) groups excluding carboxylic acids is 6. The number of halogens is 2. The zero-order chi connectivity index (χ0) is 31.0. The molecule has 0 aromatic heterocycles. The van der Waals surface area contributed by atoms with Crippen molar-refractivity contribution in [2.75, 3.05) is 13.7 Å². The molecule has 14 heteroatoms. The number of alkyl halides is 2. The third kappa shape index (κ3) is 6.64. The van der Waals surface area contributed by atoms with E-state index >= 15 is 0 Å². The molecule has 1 saturated heterocycles. The lowest BCUT2D eigenvalue weighted by molar-refractivity contribution is -0.159. The van der Waals surface area contributed by atoms with Crippen molar-refractivity contribution in [2.45, 2.75) is 99.7 Å². The highest BCUT2D eigenvalue weighted by Crippen LogP contribution is 2.65. The normalized spacial score (nSPS) is 26.6. The van der Waals surface area contributed by atoms with E-state index in [2.05, 4.69) is 10.6 Å². The van der Waals surface area contributed by atoms with Gasteiger partial charge in [0, 0.05) is 18.4 Å². The van der Waals surface area contributed by atoms with Gasteiger partial charge in [0.05, 0.1) is 13.2 Å². The first kappa shape index (κ1) is 32.3. The van der Waals surface area contributed by atoms with Crippen LogP contribution in [0, 0.1) is 23.7 Å². The number of ketones is 1. The number of methoxy groups -OCH3 is 1. The maximum Gasteiger partial charge on any atom is 0.408 e. The smallest absolute Gasteiger partial charge is 0.408 e. The number of primary amides is 1. The number of piperidine rings is 1. The van der Waals surface area contributed by atoms with Crippen LogP contribution in [-0.4, -0.2) is 82.2 Å². The number of ether oxygens (including phenoxy) is 2. The molecule has 4 rings (SSSR count). The van der Waals surface area contributed by atoms with Gasteiger partial charge < -0.3 is 30.7 Å². The molecular weight excluding hydrogens is 591 g/mol. The summed E-state index contributed by atoms with van der Waals surface area (Å²) < 4.78 is 8.77. The summed E-state index contributed by atoms with van der Waals surface area (Å²) in [7, 11) is 1.17. The summed E-state index contributed by atoms with van der Waals surface area (Å²) >= 11 is 13.0. The van der Waals surface area contributed by atoms with Gasteiger partial charge in [0.25, 0.3) is 5.91 Å². The van der Waals surface area contributed by atoms with E-state index in [9.17, 15) is 28.8 Å². The van der Waals surface area contributed by atoms with Crippen molar-refractivity contribution in [3.05, 3.63) is 0 Å². The Kier molecular flexibility index (Phi) is 9.66. The van der Waals surface area contributed by atoms with Crippen LogP contribution in [0.15, 0.2) is 0 Å². The minimum absolute atomic E-state index is 0.0687. The van der Waals surface area contributed by atoms with Crippen LogP contribution in [-0.2, 0) is 33.4 Å². The number of nitrogens with two attached hydrogens (primary N) is 1. The second-order valence-electron chi connectivity index (χ2n) is 12.5. The van der Waals surface area contributed by atoms with Crippen LogP contribution in [0.5, 0.6) is 0 Å². The van der Waals surface area contributed by atoms with E-state index in [-0.39, 0.29) is 24.8 Å². The monoisotopic (exact) mass is 630 g/mol. The molecular formula is C28H40Cl2N4O8. The van der Waals surface area contributed by atoms with Crippen LogP contribution in [0.2, 0.25) is 0 Å². The van der Waals surface area contributed by atoms with Gasteiger partial charge in [0.1, 0.15) is 16.4 Å². The second-order valence-corrected chi connectivity index (χ2v) is 13.9. The minimum atomic E-state index is -1.60. The molecule has 234 valence electrons. The first-order valence-electron chi connectivity index (χ1n) is 14.6. The number of likely N-dealkylation sites (tertiary alicyclic amines) is 1. The predicted octanol–water partition coefficient (Wildman–Crippen LogP) is 1.97. The van der Waals surface area contributed by atoms with Crippen molar-refractivity contribution >= 4 is 58.8 Å². The zero-order valence-corrected chi connectivity index (χ0v) is 25.7. The molecule has 42 heavy (non-hydrogen) atoms. The third-order valence-electron chi connectivity index (χ3n) is 9.24. The number of nitrogens with zero attached hydrogens (tertiary/aromatic N) is 1. The van der Waals surface area contributed by atoms with Crippen LogP contribution >= 0.6 is 23.2 Å². The van der Waals surface area contributed by atoms with Gasteiger partial charge in [-0.25, -0.2) is 9.59 Å². The molecule has 1 heterocycles. The molecule has 0 spiro atoms. The number of rotatable bonds is 11. The fourth-order valence-electron chi connectivity index (χ4n) is 6.56. The van der Waals surface area contributed by atoms with E-state index in [0.29, 0.717) is 12.8 Å². The lowest BCUT2D eigenvalue weighted by atomic mass is 9.80. The summed E-state index contributed by atoms with van der Waals surface area (Å²) in [5, 5.41) is 5.31. The number of esters is 1. The lowest BCUT2D eigenvalue weighted by Crippen LogP contribution is -2.60. The summed E-state index contributed by atoms with van der Waals surface area (Å²) in [5.41, 5.74) is 3.67. The third-order valence-corrected chi connectivity index (χ3v) is 10.3. The van der Waals surface area contributed by atoms with Crippen LogP contribution in [0.3, 0.4) is 0 Å². The molecule has 1 aliphatic heterocycles. The molecule has 0 radical (unpaired) electrons. The van der Waals surface area contributed by atoms with Crippen molar-refractivity contribution in [1.29, 1.82) is 0 Å². The standard InChI is InChI=1S/C28H40Cl2N4O8/c1-27(2,25(39)41-3)42-26(40)33-19(15-10-5-4-6-11-15)24(38)34-13-16-18(28(16,29)30)20(34)23(37)32-17(21(35)22(31)36)12-14-8-7-9-14/h14-20H,4-13H2,1-3H3,(H2,31,36)(H,32,37)(H,33,40)/t16-,17?,18-,19-,20-/m0/s1. The van der Waals surface area contributed by atoms with Crippen LogP contribution in [0.4, 0.5) is 4.79 Å². The van der Waals surface area contributed by atoms with E-state index in [1.165, 1.54) is 25.9 Å². The van der Waals surface area contributed by atoms with Gasteiger partial charge in [-0.05, 0) is 44.9 Å².